The Morgan fingerprint density at radius 1 is 1.28 bits per heavy atom. The maximum atomic E-state index is 11.1. The molecule has 1 rings (SSSR count). The first kappa shape index (κ1) is 14.4. The van der Waals surface area contributed by atoms with Crippen LogP contribution in [0.1, 0.15) is 31.9 Å². The van der Waals surface area contributed by atoms with Crippen LogP contribution >= 0.6 is 0 Å². The number of benzene rings is 1. The summed E-state index contributed by atoms with van der Waals surface area (Å²) in [6, 6.07) is 10.2. The highest BCUT2D eigenvalue weighted by atomic mass is 16.5. The molecule has 0 spiro atoms. The molecule has 0 fully saturated rings. The number of hydrogen-bond acceptors (Lipinski definition) is 4. The molecule has 1 unspecified atom stereocenters. The molecule has 0 aromatic heterocycles. The number of hydrogen-bond donors (Lipinski definition) is 1. The summed E-state index contributed by atoms with van der Waals surface area (Å²) in [5.41, 5.74) is 1.19. The van der Waals surface area contributed by atoms with E-state index in [1.165, 1.54) is 12.5 Å². The second-order valence-electron chi connectivity index (χ2n) is 4.19. The van der Waals surface area contributed by atoms with Crippen LogP contribution in [0.15, 0.2) is 30.3 Å². The number of Topliss-reactive ketones (excluding diaryl/α,β-unsaturated/α-hetero) is 1. The van der Waals surface area contributed by atoms with E-state index in [1.54, 1.807) is 0 Å². The molecule has 0 aliphatic rings. The lowest BCUT2D eigenvalue weighted by Gasteiger charge is -2.14. The summed E-state index contributed by atoms with van der Waals surface area (Å²) in [5, 5.41) is 3.25. The zero-order chi connectivity index (χ0) is 13.4. The minimum absolute atomic E-state index is 0.145. The van der Waals surface area contributed by atoms with E-state index in [0.29, 0.717) is 6.54 Å². The molecule has 0 radical (unpaired) electrons. The second kappa shape index (κ2) is 7.61. The minimum Gasteiger partial charge on any atom is -0.464 e. The van der Waals surface area contributed by atoms with E-state index in [4.69, 9.17) is 4.74 Å². The van der Waals surface area contributed by atoms with Crippen molar-refractivity contribution in [2.45, 2.75) is 26.3 Å². The largest absolute Gasteiger partial charge is 0.464 e. The quantitative estimate of drug-likeness (QED) is 0.455. The first-order chi connectivity index (χ1) is 8.59. The van der Waals surface area contributed by atoms with Gasteiger partial charge in [0.25, 0.3) is 0 Å². The fourth-order valence-electron chi connectivity index (χ4n) is 1.55. The van der Waals surface area contributed by atoms with Crippen LogP contribution in [-0.2, 0) is 14.3 Å². The Bertz CT molecular complexity index is 389. The average Bonchev–Trinajstić information content (AvgIpc) is 2.34. The van der Waals surface area contributed by atoms with Crippen LogP contribution in [0.2, 0.25) is 0 Å². The molecule has 0 bridgehead atoms. The van der Waals surface area contributed by atoms with Crippen molar-refractivity contribution in [2.24, 2.45) is 0 Å². The number of carbonyl (C=O) groups is 2. The molecule has 1 aromatic rings. The number of esters is 1. The van der Waals surface area contributed by atoms with Crippen LogP contribution in [0.25, 0.3) is 0 Å². The standard InChI is InChI=1S/C14H19NO3/c1-11(16)10-14(17)18-9-8-15-12(2)13-6-4-3-5-7-13/h3-7,12,15H,8-10H2,1-2H3. The lowest BCUT2D eigenvalue weighted by atomic mass is 10.1. The summed E-state index contributed by atoms with van der Waals surface area (Å²) >= 11 is 0. The number of ketones is 1. The van der Waals surface area contributed by atoms with Gasteiger partial charge in [0.2, 0.25) is 0 Å². The van der Waals surface area contributed by atoms with E-state index in [1.807, 2.05) is 37.3 Å². The molecular weight excluding hydrogens is 230 g/mol. The van der Waals surface area contributed by atoms with E-state index in [-0.39, 0.29) is 24.9 Å². The molecule has 1 atom stereocenters. The molecule has 0 aliphatic heterocycles. The molecular formula is C14H19NO3. The maximum absolute atomic E-state index is 11.1. The summed E-state index contributed by atoms with van der Waals surface area (Å²) in [6.07, 6.45) is -0.145. The van der Waals surface area contributed by atoms with Gasteiger partial charge in [-0.05, 0) is 19.4 Å². The molecule has 0 saturated carbocycles. The van der Waals surface area contributed by atoms with Crippen molar-refractivity contribution in [1.29, 1.82) is 0 Å². The van der Waals surface area contributed by atoms with E-state index in [2.05, 4.69) is 5.32 Å². The SMILES string of the molecule is CC(=O)CC(=O)OCCNC(C)c1ccccc1. The second-order valence-corrected chi connectivity index (χ2v) is 4.19. The van der Waals surface area contributed by atoms with Gasteiger partial charge in [-0.3, -0.25) is 9.59 Å². The molecule has 4 nitrogen and oxygen atoms in total. The molecule has 18 heavy (non-hydrogen) atoms. The first-order valence-electron chi connectivity index (χ1n) is 6.03. The normalized spacial score (nSPS) is 11.9. The lowest BCUT2D eigenvalue weighted by molar-refractivity contribution is -0.145. The van der Waals surface area contributed by atoms with E-state index < -0.39 is 5.97 Å². The third-order valence-electron chi connectivity index (χ3n) is 2.51. The molecule has 0 amide bonds. The highest BCUT2D eigenvalue weighted by Gasteiger charge is 2.07. The summed E-state index contributed by atoms with van der Waals surface area (Å²) in [5.74, 6) is -0.637. The first-order valence-corrected chi connectivity index (χ1v) is 6.03. The zero-order valence-corrected chi connectivity index (χ0v) is 10.8. The molecule has 0 saturated heterocycles. The Balaban J connectivity index is 2.18. The topological polar surface area (TPSA) is 55.4 Å². The van der Waals surface area contributed by atoms with Crippen molar-refractivity contribution in [2.75, 3.05) is 13.2 Å². The van der Waals surface area contributed by atoms with Crippen LogP contribution < -0.4 is 5.32 Å². The average molecular weight is 249 g/mol. The third kappa shape index (κ3) is 5.59. The Morgan fingerprint density at radius 2 is 1.94 bits per heavy atom. The highest BCUT2D eigenvalue weighted by Crippen LogP contribution is 2.10. The van der Waals surface area contributed by atoms with Gasteiger partial charge in [0.15, 0.2) is 0 Å². The predicted molar refractivity (Wildman–Crippen MR) is 69.1 cm³/mol. The van der Waals surface area contributed by atoms with Crippen LogP contribution in [0.5, 0.6) is 0 Å². The summed E-state index contributed by atoms with van der Waals surface area (Å²) < 4.78 is 4.92. The van der Waals surface area contributed by atoms with Crippen molar-refractivity contribution >= 4 is 11.8 Å². The van der Waals surface area contributed by atoms with Gasteiger partial charge in [-0.15, -0.1) is 0 Å². The van der Waals surface area contributed by atoms with Gasteiger partial charge < -0.3 is 10.1 Å². The van der Waals surface area contributed by atoms with Crippen molar-refractivity contribution in [3.05, 3.63) is 35.9 Å². The number of carbonyl (C=O) groups excluding carboxylic acids is 2. The van der Waals surface area contributed by atoms with Crippen molar-refractivity contribution in [3.8, 4) is 0 Å². The third-order valence-corrected chi connectivity index (χ3v) is 2.51. The Kier molecular flexibility index (Phi) is 6.08. The van der Waals surface area contributed by atoms with E-state index in [0.717, 1.165) is 0 Å². The van der Waals surface area contributed by atoms with Gasteiger partial charge >= 0.3 is 5.97 Å². The van der Waals surface area contributed by atoms with Crippen LogP contribution in [0.4, 0.5) is 0 Å². The maximum Gasteiger partial charge on any atom is 0.313 e. The van der Waals surface area contributed by atoms with Crippen molar-refractivity contribution in [1.82, 2.24) is 5.32 Å². The number of nitrogens with one attached hydrogen (secondary N) is 1. The van der Waals surface area contributed by atoms with Crippen LogP contribution in [0.3, 0.4) is 0 Å². The smallest absolute Gasteiger partial charge is 0.313 e. The van der Waals surface area contributed by atoms with Gasteiger partial charge in [0.1, 0.15) is 18.8 Å². The fraction of sp³-hybridized carbons (Fsp3) is 0.429. The summed E-state index contributed by atoms with van der Waals surface area (Å²) in [4.78, 5) is 21.8. The van der Waals surface area contributed by atoms with Gasteiger partial charge in [-0.25, -0.2) is 0 Å². The summed E-state index contributed by atoms with van der Waals surface area (Å²) in [7, 11) is 0. The van der Waals surface area contributed by atoms with Gasteiger partial charge in [0.05, 0.1) is 0 Å². The van der Waals surface area contributed by atoms with E-state index in [9.17, 15) is 9.59 Å². The van der Waals surface area contributed by atoms with Gasteiger partial charge in [-0.1, -0.05) is 30.3 Å². The predicted octanol–water partition coefficient (Wildman–Crippen LogP) is 1.86. The molecule has 4 heteroatoms. The molecule has 0 aliphatic carbocycles. The lowest BCUT2D eigenvalue weighted by Crippen LogP contribution is -2.24. The Morgan fingerprint density at radius 3 is 2.56 bits per heavy atom. The fourth-order valence-corrected chi connectivity index (χ4v) is 1.55. The molecule has 1 aromatic carbocycles. The van der Waals surface area contributed by atoms with E-state index >= 15 is 0 Å². The molecule has 1 N–H and O–H groups in total. The minimum atomic E-state index is -0.461. The molecule has 98 valence electrons. The Labute approximate surface area is 107 Å². The zero-order valence-electron chi connectivity index (χ0n) is 10.8. The van der Waals surface area contributed by atoms with Crippen molar-refractivity contribution in [3.63, 3.8) is 0 Å². The van der Waals surface area contributed by atoms with Gasteiger partial charge in [0, 0.05) is 12.6 Å². The monoisotopic (exact) mass is 249 g/mol. The highest BCUT2D eigenvalue weighted by molar-refractivity contribution is 5.94. The number of ether oxygens (including phenoxy) is 1. The van der Waals surface area contributed by atoms with Gasteiger partial charge in [-0.2, -0.15) is 0 Å². The van der Waals surface area contributed by atoms with Crippen molar-refractivity contribution < 1.29 is 14.3 Å². The summed E-state index contributed by atoms with van der Waals surface area (Å²) in [6.45, 7) is 4.27. The van der Waals surface area contributed by atoms with Crippen LogP contribution in [-0.4, -0.2) is 24.9 Å². The number of rotatable bonds is 7. The molecule has 0 heterocycles. The van der Waals surface area contributed by atoms with Crippen LogP contribution in [0, 0.1) is 0 Å². The Hall–Kier alpha value is -1.68.